The second-order valence-corrected chi connectivity index (χ2v) is 4.43. The van der Waals surface area contributed by atoms with Crippen molar-refractivity contribution in [1.29, 1.82) is 0 Å². The summed E-state index contributed by atoms with van der Waals surface area (Å²) in [4.78, 5) is 10.2. The molecule has 0 radical (unpaired) electrons. The number of benzene rings is 1. The fourth-order valence-corrected chi connectivity index (χ4v) is 2.09. The molecule has 1 unspecified atom stereocenters. The molecule has 0 spiro atoms. The summed E-state index contributed by atoms with van der Waals surface area (Å²) in [6.07, 6.45) is -0.337. The Balaban J connectivity index is 2.48. The van der Waals surface area contributed by atoms with Crippen molar-refractivity contribution in [1.82, 2.24) is 0 Å². The van der Waals surface area contributed by atoms with E-state index < -0.39 is 16.3 Å². The first kappa shape index (κ1) is 11.9. The van der Waals surface area contributed by atoms with Gasteiger partial charge in [0.2, 0.25) is 0 Å². The Labute approximate surface area is 96.6 Å². The number of aryl methyl sites for hydroxylation is 1. The van der Waals surface area contributed by atoms with Gasteiger partial charge < -0.3 is 5.73 Å². The molecule has 0 amide bonds. The minimum atomic E-state index is -2.86. The van der Waals surface area contributed by atoms with Crippen LogP contribution in [0.1, 0.15) is 17.5 Å². The molecule has 1 aliphatic rings. The summed E-state index contributed by atoms with van der Waals surface area (Å²) in [7, 11) is 0. The summed E-state index contributed by atoms with van der Waals surface area (Å²) in [6.45, 7) is 1.36. The minimum Gasteiger partial charge on any atom is -0.329 e. The highest BCUT2D eigenvalue weighted by Gasteiger charge is 2.71. The first-order chi connectivity index (χ1) is 7.84. The van der Waals surface area contributed by atoms with Crippen molar-refractivity contribution in [2.75, 3.05) is 6.54 Å². The van der Waals surface area contributed by atoms with E-state index in [-0.39, 0.29) is 24.2 Å². The zero-order valence-electron chi connectivity index (χ0n) is 9.24. The molecule has 2 rings (SSSR count). The average molecular weight is 242 g/mol. The molecule has 4 nitrogen and oxygen atoms in total. The van der Waals surface area contributed by atoms with E-state index in [4.69, 9.17) is 5.73 Å². The van der Waals surface area contributed by atoms with Crippen molar-refractivity contribution in [2.24, 2.45) is 5.73 Å². The summed E-state index contributed by atoms with van der Waals surface area (Å²) >= 11 is 0. The Morgan fingerprint density at radius 2 is 2.12 bits per heavy atom. The number of hydrogen-bond donors (Lipinski definition) is 1. The SMILES string of the molecule is Cc1ccc(C2(CN)CC2(F)F)cc1[N+](=O)[O-]. The van der Waals surface area contributed by atoms with Crippen LogP contribution in [-0.2, 0) is 5.41 Å². The first-order valence-electron chi connectivity index (χ1n) is 5.17. The predicted octanol–water partition coefficient (Wildman–Crippen LogP) is 2.14. The summed E-state index contributed by atoms with van der Waals surface area (Å²) < 4.78 is 26.6. The van der Waals surface area contributed by atoms with Gasteiger partial charge in [-0.3, -0.25) is 10.1 Å². The monoisotopic (exact) mass is 242 g/mol. The number of halogens is 2. The van der Waals surface area contributed by atoms with E-state index >= 15 is 0 Å². The van der Waals surface area contributed by atoms with E-state index in [1.807, 2.05) is 0 Å². The van der Waals surface area contributed by atoms with E-state index in [2.05, 4.69) is 0 Å². The molecule has 1 fully saturated rings. The van der Waals surface area contributed by atoms with Gasteiger partial charge in [-0.25, -0.2) is 8.78 Å². The van der Waals surface area contributed by atoms with Gasteiger partial charge in [0.1, 0.15) is 0 Å². The van der Waals surface area contributed by atoms with Crippen LogP contribution in [0.3, 0.4) is 0 Å². The van der Waals surface area contributed by atoms with Gasteiger partial charge in [-0.15, -0.1) is 0 Å². The molecule has 1 saturated carbocycles. The quantitative estimate of drug-likeness (QED) is 0.652. The van der Waals surface area contributed by atoms with Gasteiger partial charge in [-0.1, -0.05) is 12.1 Å². The molecule has 1 aromatic rings. The fourth-order valence-electron chi connectivity index (χ4n) is 2.09. The number of alkyl halides is 2. The van der Waals surface area contributed by atoms with Crippen molar-refractivity contribution < 1.29 is 13.7 Å². The first-order valence-corrected chi connectivity index (χ1v) is 5.17. The van der Waals surface area contributed by atoms with Crippen LogP contribution in [0.15, 0.2) is 18.2 Å². The predicted molar refractivity (Wildman–Crippen MR) is 58.1 cm³/mol. The fraction of sp³-hybridized carbons (Fsp3) is 0.455. The lowest BCUT2D eigenvalue weighted by atomic mass is 9.94. The van der Waals surface area contributed by atoms with Gasteiger partial charge in [0.25, 0.3) is 11.6 Å². The third-order valence-electron chi connectivity index (χ3n) is 3.41. The number of nitrogens with zero attached hydrogens (tertiary/aromatic N) is 1. The number of nitrogens with two attached hydrogens (primary N) is 1. The molecule has 17 heavy (non-hydrogen) atoms. The van der Waals surface area contributed by atoms with Crippen molar-refractivity contribution >= 4 is 5.69 Å². The van der Waals surface area contributed by atoms with Crippen LogP contribution < -0.4 is 5.73 Å². The largest absolute Gasteiger partial charge is 0.329 e. The van der Waals surface area contributed by atoms with Gasteiger partial charge in [0.05, 0.1) is 10.3 Å². The van der Waals surface area contributed by atoms with E-state index in [1.165, 1.54) is 18.2 Å². The van der Waals surface area contributed by atoms with Crippen LogP contribution in [0.5, 0.6) is 0 Å². The summed E-state index contributed by atoms with van der Waals surface area (Å²) in [6, 6.07) is 4.19. The zero-order chi connectivity index (χ0) is 12.8. The van der Waals surface area contributed by atoms with Crippen LogP contribution in [0.25, 0.3) is 0 Å². The summed E-state index contributed by atoms with van der Waals surface area (Å²) in [5, 5.41) is 10.8. The molecular weight excluding hydrogens is 230 g/mol. The molecule has 0 aliphatic heterocycles. The number of rotatable bonds is 3. The van der Waals surface area contributed by atoms with Gasteiger partial charge in [0.15, 0.2) is 0 Å². The van der Waals surface area contributed by atoms with Crippen molar-refractivity contribution in [3.8, 4) is 0 Å². The Morgan fingerprint density at radius 1 is 1.53 bits per heavy atom. The molecule has 0 aromatic heterocycles. The summed E-state index contributed by atoms with van der Waals surface area (Å²) in [5.74, 6) is -2.86. The molecule has 2 N–H and O–H groups in total. The summed E-state index contributed by atoms with van der Waals surface area (Å²) in [5.41, 5.74) is 4.54. The second kappa shape index (κ2) is 3.46. The van der Waals surface area contributed by atoms with Gasteiger partial charge in [-0.2, -0.15) is 0 Å². The number of nitro groups is 1. The Hall–Kier alpha value is -1.56. The molecule has 1 aromatic carbocycles. The lowest BCUT2D eigenvalue weighted by Gasteiger charge is -2.14. The Kier molecular flexibility index (Phi) is 2.43. The molecular formula is C11H12F2N2O2. The van der Waals surface area contributed by atoms with Crippen LogP contribution in [0, 0.1) is 17.0 Å². The maximum Gasteiger partial charge on any atom is 0.272 e. The third kappa shape index (κ3) is 1.59. The van der Waals surface area contributed by atoms with E-state index in [1.54, 1.807) is 6.92 Å². The van der Waals surface area contributed by atoms with Crippen LogP contribution in [0.4, 0.5) is 14.5 Å². The average Bonchev–Trinajstić information content (AvgIpc) is 2.82. The van der Waals surface area contributed by atoms with Crippen LogP contribution in [-0.4, -0.2) is 17.4 Å². The molecule has 0 bridgehead atoms. The Morgan fingerprint density at radius 3 is 2.53 bits per heavy atom. The lowest BCUT2D eigenvalue weighted by molar-refractivity contribution is -0.385. The van der Waals surface area contributed by atoms with E-state index in [9.17, 15) is 18.9 Å². The van der Waals surface area contributed by atoms with E-state index in [0.717, 1.165) is 0 Å². The third-order valence-corrected chi connectivity index (χ3v) is 3.41. The smallest absolute Gasteiger partial charge is 0.272 e. The number of hydrogen-bond acceptors (Lipinski definition) is 3. The Bertz CT molecular complexity index is 490. The molecule has 0 saturated heterocycles. The van der Waals surface area contributed by atoms with Gasteiger partial charge in [0, 0.05) is 24.6 Å². The maximum absolute atomic E-state index is 13.3. The highest BCUT2D eigenvalue weighted by Crippen LogP contribution is 2.61. The standard InChI is InChI=1S/C11H12F2N2O2/c1-7-2-3-8(4-9(7)15(16)17)10(6-14)5-11(10,12)13/h2-4H,5-6,14H2,1H3. The second-order valence-electron chi connectivity index (χ2n) is 4.43. The topological polar surface area (TPSA) is 69.2 Å². The highest BCUT2D eigenvalue weighted by atomic mass is 19.3. The van der Waals surface area contributed by atoms with Gasteiger partial charge >= 0.3 is 0 Å². The molecule has 92 valence electrons. The molecule has 1 atom stereocenters. The minimum absolute atomic E-state index is 0.141. The molecule has 6 heteroatoms. The normalized spacial score (nSPS) is 25.6. The zero-order valence-corrected chi connectivity index (χ0v) is 9.24. The van der Waals surface area contributed by atoms with Crippen LogP contribution in [0.2, 0.25) is 0 Å². The molecule has 1 aliphatic carbocycles. The van der Waals surface area contributed by atoms with E-state index in [0.29, 0.717) is 5.56 Å². The number of nitro benzene ring substituents is 1. The van der Waals surface area contributed by atoms with Crippen molar-refractivity contribution in [3.63, 3.8) is 0 Å². The lowest BCUT2D eigenvalue weighted by Crippen LogP contribution is -2.26. The maximum atomic E-state index is 13.3. The van der Waals surface area contributed by atoms with Crippen molar-refractivity contribution in [2.45, 2.75) is 24.7 Å². The van der Waals surface area contributed by atoms with Crippen molar-refractivity contribution in [3.05, 3.63) is 39.4 Å². The van der Waals surface area contributed by atoms with Crippen LogP contribution >= 0.6 is 0 Å². The highest BCUT2D eigenvalue weighted by molar-refractivity contribution is 5.49. The molecule has 0 heterocycles. The van der Waals surface area contributed by atoms with Gasteiger partial charge in [-0.05, 0) is 12.5 Å².